The molecule has 7 heteroatoms. The molecule has 0 amide bonds. The summed E-state index contributed by atoms with van der Waals surface area (Å²) in [5.74, 6) is 0.799. The van der Waals surface area contributed by atoms with Crippen molar-refractivity contribution in [3.63, 3.8) is 0 Å². The lowest BCUT2D eigenvalue weighted by Gasteiger charge is -2.35. The quantitative estimate of drug-likeness (QED) is 0.716. The second-order valence-electron chi connectivity index (χ2n) is 6.95. The Morgan fingerprint density at radius 1 is 1.20 bits per heavy atom. The molecule has 0 saturated carbocycles. The number of likely N-dealkylation sites (N-methyl/N-ethyl adjacent to an activating group) is 1. The van der Waals surface area contributed by atoms with Gasteiger partial charge < -0.3 is 0 Å². The molecule has 140 valence electrons. The van der Waals surface area contributed by atoms with Gasteiger partial charge in [-0.05, 0) is 56.5 Å². The first-order chi connectivity index (χ1) is 11.4. The Bertz CT molecular complexity index is 716. The number of hydrogen-bond acceptors (Lipinski definition) is 3. The minimum absolute atomic E-state index is 0. The van der Waals surface area contributed by atoms with Crippen molar-refractivity contribution in [2.75, 3.05) is 20.1 Å². The van der Waals surface area contributed by atoms with Gasteiger partial charge in [0.2, 0.25) is 10.0 Å². The fourth-order valence-corrected chi connectivity index (χ4v) is 5.16. The van der Waals surface area contributed by atoms with E-state index in [1.807, 2.05) is 6.08 Å². The van der Waals surface area contributed by atoms with Crippen molar-refractivity contribution in [1.29, 1.82) is 0 Å². The van der Waals surface area contributed by atoms with Crippen LogP contribution in [-0.4, -0.2) is 49.8 Å². The molecule has 1 aliphatic heterocycles. The molecule has 3 rings (SSSR count). The second-order valence-corrected chi connectivity index (χ2v) is 9.39. The van der Waals surface area contributed by atoms with Gasteiger partial charge in [-0.25, -0.2) is 8.42 Å². The van der Waals surface area contributed by atoms with E-state index in [1.54, 1.807) is 25.2 Å². The Kier molecular flexibility index (Phi) is 6.96. The fraction of sp³-hybridized carbons (Fsp3) is 0.556. The topological polar surface area (TPSA) is 40.6 Å². The third kappa shape index (κ3) is 4.58. The Hall–Kier alpha value is -0.590. The minimum Gasteiger partial charge on any atom is -0.297 e. The van der Waals surface area contributed by atoms with Crippen molar-refractivity contribution in [2.24, 2.45) is 5.92 Å². The van der Waals surface area contributed by atoms with Gasteiger partial charge in [-0.1, -0.05) is 36.7 Å². The van der Waals surface area contributed by atoms with E-state index < -0.39 is 10.0 Å². The van der Waals surface area contributed by atoms with Gasteiger partial charge in [0, 0.05) is 24.2 Å². The molecule has 0 unspecified atom stereocenters. The number of halogens is 2. The summed E-state index contributed by atoms with van der Waals surface area (Å²) in [6.07, 6.45) is 7.48. The van der Waals surface area contributed by atoms with Crippen molar-refractivity contribution < 1.29 is 8.42 Å². The highest BCUT2D eigenvalue weighted by atomic mass is 35.5. The van der Waals surface area contributed by atoms with E-state index in [9.17, 15) is 8.42 Å². The van der Waals surface area contributed by atoms with Crippen LogP contribution in [0.1, 0.15) is 26.2 Å². The van der Waals surface area contributed by atoms with Gasteiger partial charge in [-0.3, -0.25) is 4.90 Å². The molecule has 0 bridgehead atoms. The van der Waals surface area contributed by atoms with Gasteiger partial charge in [0.05, 0.1) is 4.90 Å². The zero-order valence-electron chi connectivity index (χ0n) is 14.6. The maximum absolute atomic E-state index is 12.8. The van der Waals surface area contributed by atoms with E-state index in [0.717, 1.165) is 25.4 Å². The molecule has 2 atom stereocenters. The van der Waals surface area contributed by atoms with Crippen LogP contribution in [0.2, 0.25) is 5.02 Å². The molecule has 1 fully saturated rings. The number of piperidine rings is 1. The summed E-state index contributed by atoms with van der Waals surface area (Å²) in [5.41, 5.74) is 0. The highest BCUT2D eigenvalue weighted by Crippen LogP contribution is 2.28. The van der Waals surface area contributed by atoms with Gasteiger partial charge in [0.25, 0.3) is 0 Å². The van der Waals surface area contributed by atoms with Crippen LogP contribution in [0.4, 0.5) is 0 Å². The zero-order valence-corrected chi connectivity index (χ0v) is 17.0. The van der Waals surface area contributed by atoms with Crippen LogP contribution in [0.25, 0.3) is 0 Å². The van der Waals surface area contributed by atoms with E-state index >= 15 is 0 Å². The van der Waals surface area contributed by atoms with Gasteiger partial charge in [0.15, 0.2) is 0 Å². The lowest BCUT2D eigenvalue weighted by Crippen LogP contribution is -2.42. The first kappa shape index (κ1) is 20.7. The Morgan fingerprint density at radius 3 is 2.52 bits per heavy atom. The van der Waals surface area contributed by atoms with E-state index in [0.29, 0.717) is 11.1 Å². The van der Waals surface area contributed by atoms with E-state index in [4.69, 9.17) is 11.6 Å². The third-order valence-electron chi connectivity index (χ3n) is 5.27. The van der Waals surface area contributed by atoms with Gasteiger partial charge in [-0.2, -0.15) is 4.31 Å². The maximum Gasteiger partial charge on any atom is 0.243 e. The first-order valence-electron chi connectivity index (χ1n) is 8.54. The van der Waals surface area contributed by atoms with Crippen LogP contribution in [0.3, 0.4) is 0 Å². The van der Waals surface area contributed by atoms with E-state index in [2.05, 4.69) is 17.9 Å². The van der Waals surface area contributed by atoms with Crippen molar-refractivity contribution >= 4 is 34.0 Å². The molecular weight excluding hydrogens is 379 g/mol. The lowest BCUT2D eigenvalue weighted by atomic mass is 9.97. The molecule has 1 saturated heterocycles. The summed E-state index contributed by atoms with van der Waals surface area (Å²) >= 11 is 5.95. The summed E-state index contributed by atoms with van der Waals surface area (Å²) < 4.78 is 27.1. The largest absolute Gasteiger partial charge is 0.297 e. The molecule has 1 aliphatic carbocycles. The monoisotopic (exact) mass is 404 g/mol. The van der Waals surface area contributed by atoms with Crippen LogP contribution >= 0.6 is 24.0 Å². The maximum atomic E-state index is 12.8. The highest BCUT2D eigenvalue weighted by Gasteiger charge is 2.33. The predicted molar refractivity (Wildman–Crippen MR) is 105 cm³/mol. The summed E-state index contributed by atoms with van der Waals surface area (Å²) in [5, 5.41) is 0.437. The molecule has 1 aromatic carbocycles. The number of hydrogen-bond donors (Lipinski definition) is 0. The summed E-state index contributed by atoms with van der Waals surface area (Å²) in [6, 6.07) is 6.71. The average Bonchev–Trinajstić information content (AvgIpc) is 3.04. The molecule has 0 aromatic heterocycles. The van der Waals surface area contributed by atoms with Crippen LogP contribution in [0.15, 0.2) is 41.3 Å². The fourth-order valence-electron chi connectivity index (χ4n) is 3.53. The Balaban J connectivity index is 0.00000225. The minimum atomic E-state index is -3.53. The molecule has 1 aromatic rings. The van der Waals surface area contributed by atoms with Crippen LogP contribution in [0.5, 0.6) is 0 Å². The van der Waals surface area contributed by atoms with Gasteiger partial charge in [0.1, 0.15) is 0 Å². The summed E-state index contributed by atoms with van der Waals surface area (Å²) in [4.78, 5) is 2.73. The summed E-state index contributed by atoms with van der Waals surface area (Å²) in [6.45, 7) is 4.51. The smallest absolute Gasteiger partial charge is 0.243 e. The number of benzene rings is 1. The Morgan fingerprint density at radius 2 is 1.88 bits per heavy atom. The molecule has 25 heavy (non-hydrogen) atoms. The first-order valence-corrected chi connectivity index (χ1v) is 10.4. The zero-order chi connectivity index (χ0) is 17.3. The molecule has 1 heterocycles. The van der Waals surface area contributed by atoms with Gasteiger partial charge >= 0.3 is 0 Å². The molecule has 0 N–H and O–H groups in total. The van der Waals surface area contributed by atoms with Crippen LogP contribution in [-0.2, 0) is 10.0 Å². The summed E-state index contributed by atoms with van der Waals surface area (Å²) in [7, 11) is -1.87. The molecule has 0 radical (unpaired) electrons. The number of sulfonamides is 1. The standard InChI is InChI=1S/C18H25ClN2O2S.ClH/c1-14-8-10-21(11-9-14)17-7-6-16(13-17)20(2)24(22,23)18-5-3-4-15(19)12-18;/h3-7,12,14,16-17H,8-11,13H2,1-2H3;1H/t16-,17+;/m1./s1. The number of rotatable bonds is 4. The Labute approximate surface area is 162 Å². The normalized spacial score (nSPS) is 25.3. The van der Waals surface area contributed by atoms with E-state index in [-0.39, 0.29) is 23.3 Å². The van der Waals surface area contributed by atoms with Crippen molar-refractivity contribution in [1.82, 2.24) is 9.21 Å². The van der Waals surface area contributed by atoms with E-state index in [1.165, 1.54) is 23.2 Å². The average molecular weight is 405 g/mol. The predicted octanol–water partition coefficient (Wildman–Crippen LogP) is 3.81. The highest BCUT2D eigenvalue weighted by molar-refractivity contribution is 7.89. The molecule has 4 nitrogen and oxygen atoms in total. The number of likely N-dealkylation sites (tertiary alicyclic amines) is 1. The second kappa shape index (κ2) is 8.40. The van der Waals surface area contributed by atoms with Crippen LogP contribution in [0, 0.1) is 5.92 Å². The van der Waals surface area contributed by atoms with Crippen molar-refractivity contribution in [2.45, 2.75) is 43.2 Å². The SMILES string of the molecule is CC1CCN([C@H]2C=C[C@@H](N(C)S(=O)(=O)c3cccc(Cl)c3)C2)CC1.Cl. The lowest BCUT2D eigenvalue weighted by molar-refractivity contribution is 0.153. The molecular formula is C18H26Cl2N2O2S. The number of nitrogens with zero attached hydrogens (tertiary/aromatic N) is 2. The third-order valence-corrected chi connectivity index (χ3v) is 7.38. The van der Waals surface area contributed by atoms with Crippen molar-refractivity contribution in [3.8, 4) is 0 Å². The van der Waals surface area contributed by atoms with Crippen LogP contribution < -0.4 is 0 Å². The molecule has 0 spiro atoms. The van der Waals surface area contributed by atoms with Crippen molar-refractivity contribution in [3.05, 3.63) is 41.4 Å². The van der Waals surface area contributed by atoms with Gasteiger partial charge in [-0.15, -0.1) is 12.4 Å². The molecule has 2 aliphatic rings.